The van der Waals surface area contributed by atoms with Crippen molar-refractivity contribution in [2.24, 2.45) is 34.6 Å². The minimum atomic E-state index is -0.612. The van der Waals surface area contributed by atoms with E-state index in [9.17, 15) is 9.59 Å². The van der Waals surface area contributed by atoms with Gasteiger partial charge in [-0.1, -0.05) is 26.7 Å². The van der Waals surface area contributed by atoms with Crippen LogP contribution in [0, 0.1) is 0 Å². The van der Waals surface area contributed by atoms with Crippen LogP contribution < -0.4 is 16.4 Å². The second-order valence-corrected chi connectivity index (χ2v) is 11.9. The van der Waals surface area contributed by atoms with Gasteiger partial charge in [-0.05, 0) is 25.7 Å². The lowest BCUT2D eigenvalue weighted by Crippen LogP contribution is -2.19. The van der Waals surface area contributed by atoms with Crippen LogP contribution >= 0.6 is 0 Å². The second kappa shape index (κ2) is 16.2. The molecule has 0 aliphatic heterocycles. The van der Waals surface area contributed by atoms with Gasteiger partial charge >= 0.3 is 11.9 Å². The summed E-state index contributed by atoms with van der Waals surface area (Å²) in [7, 11) is 9.32. The number of nitrogen functional groups attached to an aromatic ring is 2. The molecule has 53 heavy (non-hydrogen) atoms. The number of carbonyl (C=O) groups excluding carboxylic acids is 2. The Bertz CT molecular complexity index is 2030. The van der Waals surface area contributed by atoms with Crippen molar-refractivity contribution in [3.05, 3.63) is 34.9 Å². The van der Waals surface area contributed by atoms with Gasteiger partial charge in [-0.2, -0.15) is 44.7 Å². The predicted octanol–water partition coefficient (Wildman–Crippen LogP) is 4.03. The number of ether oxygens (including phenoxy) is 2. The van der Waals surface area contributed by atoms with Crippen LogP contribution in [0.25, 0.3) is 11.9 Å². The van der Waals surface area contributed by atoms with Gasteiger partial charge in [0.25, 0.3) is 11.9 Å². The summed E-state index contributed by atoms with van der Waals surface area (Å²) in [6, 6.07) is 0. The van der Waals surface area contributed by atoms with Crippen molar-refractivity contribution >= 4 is 52.5 Å². The smallest absolute Gasteiger partial charge is 0.343 e. The number of anilines is 3. The number of esters is 2. The fourth-order valence-corrected chi connectivity index (χ4v) is 5.02. The van der Waals surface area contributed by atoms with Gasteiger partial charge in [0.15, 0.2) is 34.6 Å². The van der Waals surface area contributed by atoms with E-state index in [0.29, 0.717) is 24.2 Å². The van der Waals surface area contributed by atoms with Crippen LogP contribution in [0.15, 0.2) is 32.9 Å². The van der Waals surface area contributed by atoms with Crippen LogP contribution in [0.4, 0.5) is 40.6 Å². The zero-order chi connectivity index (χ0) is 38.4. The first-order valence-corrected chi connectivity index (χ1v) is 16.7. The van der Waals surface area contributed by atoms with Crippen molar-refractivity contribution in [3.63, 3.8) is 0 Å². The van der Waals surface area contributed by atoms with Gasteiger partial charge in [0.2, 0.25) is 5.95 Å². The van der Waals surface area contributed by atoms with E-state index in [1.54, 1.807) is 33.1 Å². The zero-order valence-corrected chi connectivity index (χ0v) is 30.8. The zero-order valence-electron chi connectivity index (χ0n) is 30.8. The molecule has 0 atom stereocenters. The number of nitrogens with two attached hydrogens (primary N) is 2. The van der Waals surface area contributed by atoms with Gasteiger partial charge in [0.05, 0.1) is 38.0 Å². The number of hydrogen-bond acceptors (Lipinski definition) is 18. The fourth-order valence-electron chi connectivity index (χ4n) is 5.02. The quantitative estimate of drug-likeness (QED) is 0.114. The SMILES string of the molecule is CCCCc1nn(-c2nc(N(C)C)nc(-n3nc(CCCC)c(N=Nc4c(C(=O)OC)cnn4C)c3N)n2)c(N)c1N=Nc1c(C(=O)OC)cnn1C. The molecule has 5 heterocycles. The highest BCUT2D eigenvalue weighted by Gasteiger charge is 2.25. The predicted molar refractivity (Wildman–Crippen MR) is 192 cm³/mol. The van der Waals surface area contributed by atoms with Crippen LogP contribution in [0.3, 0.4) is 0 Å². The Morgan fingerprint density at radius 1 is 0.717 bits per heavy atom. The molecule has 4 N–H and O–H groups in total. The number of carbonyl (C=O) groups is 2. The number of aromatic nitrogens is 11. The molecule has 22 heteroatoms. The summed E-state index contributed by atoms with van der Waals surface area (Å²) in [5, 5.41) is 35.2. The third kappa shape index (κ3) is 7.69. The molecule has 0 bridgehead atoms. The largest absolute Gasteiger partial charge is 0.465 e. The van der Waals surface area contributed by atoms with E-state index in [0.717, 1.165) is 25.7 Å². The van der Waals surface area contributed by atoms with Crippen molar-refractivity contribution in [2.75, 3.05) is 44.7 Å². The lowest BCUT2D eigenvalue weighted by Gasteiger charge is -2.13. The number of unbranched alkanes of at least 4 members (excludes halogenated alkanes) is 2. The minimum absolute atomic E-state index is 0.0528. The Morgan fingerprint density at radius 2 is 1.13 bits per heavy atom. The molecule has 5 rings (SSSR count). The molecule has 0 saturated heterocycles. The van der Waals surface area contributed by atoms with Gasteiger partial charge in [-0.3, -0.25) is 0 Å². The average Bonchev–Trinajstić information content (AvgIpc) is 3.89. The number of rotatable bonds is 15. The van der Waals surface area contributed by atoms with Gasteiger partial charge in [0, 0.05) is 28.2 Å². The van der Waals surface area contributed by atoms with Gasteiger partial charge in [-0.15, -0.1) is 20.5 Å². The summed E-state index contributed by atoms with van der Waals surface area (Å²) in [5.41, 5.74) is 15.2. The Labute approximate surface area is 303 Å². The molecular formula is C31H42N18O4. The minimum Gasteiger partial charge on any atom is -0.465 e. The first-order chi connectivity index (χ1) is 25.4. The molecular weight excluding hydrogens is 688 g/mol. The van der Waals surface area contributed by atoms with E-state index in [4.69, 9.17) is 31.1 Å². The molecule has 0 aliphatic carbocycles. The lowest BCUT2D eigenvalue weighted by atomic mass is 10.2. The molecule has 0 unspecified atom stereocenters. The molecule has 0 radical (unpaired) electrons. The van der Waals surface area contributed by atoms with E-state index in [2.05, 4.69) is 45.6 Å². The van der Waals surface area contributed by atoms with Crippen molar-refractivity contribution in [1.29, 1.82) is 0 Å². The summed E-state index contributed by atoms with van der Waals surface area (Å²) in [4.78, 5) is 40.2. The van der Waals surface area contributed by atoms with Crippen LogP contribution in [0.2, 0.25) is 0 Å². The molecule has 22 nitrogen and oxygen atoms in total. The molecule has 280 valence electrons. The normalized spacial score (nSPS) is 11.6. The van der Waals surface area contributed by atoms with Crippen LogP contribution in [0.1, 0.15) is 71.6 Å². The Hall–Kier alpha value is -6.61. The standard InChI is InChI=1S/C31H42N18O4/c1-9-11-13-19-21(39-41-25-17(27(50)52-7)15-34-46(25)5)23(32)48(43-19)30-36-29(45(3)4)37-31(38-30)49-24(33)22(20(44-49)14-12-10-2)40-42-26-18(28(51)53-8)16-35-47(26)6/h15-16H,9-14,32-33H2,1-8H3. The van der Waals surface area contributed by atoms with Crippen LogP contribution in [-0.2, 0) is 36.4 Å². The average molecular weight is 731 g/mol. The molecule has 0 amide bonds. The summed E-state index contributed by atoms with van der Waals surface area (Å²) >= 11 is 0. The Balaban J connectivity index is 1.63. The fraction of sp³-hybridized carbons (Fsp3) is 0.452. The molecule has 0 fully saturated rings. The molecule has 0 spiro atoms. The first-order valence-electron chi connectivity index (χ1n) is 16.7. The number of azo groups is 2. The summed E-state index contributed by atoms with van der Waals surface area (Å²) < 4.78 is 15.2. The van der Waals surface area contributed by atoms with Crippen LogP contribution in [0.5, 0.6) is 0 Å². The van der Waals surface area contributed by atoms with E-state index in [1.165, 1.54) is 45.3 Å². The topological polar surface area (TPSA) is 267 Å². The van der Waals surface area contributed by atoms with Crippen LogP contribution in [-0.4, -0.2) is 94.3 Å². The highest BCUT2D eigenvalue weighted by Crippen LogP contribution is 2.35. The van der Waals surface area contributed by atoms with Crippen molar-refractivity contribution in [2.45, 2.75) is 52.4 Å². The third-order valence-electron chi connectivity index (χ3n) is 7.96. The number of nitrogens with zero attached hydrogens (tertiary/aromatic N) is 16. The van der Waals surface area contributed by atoms with Crippen molar-refractivity contribution in [1.82, 2.24) is 54.1 Å². The van der Waals surface area contributed by atoms with Crippen molar-refractivity contribution < 1.29 is 19.1 Å². The van der Waals surface area contributed by atoms with E-state index >= 15 is 0 Å². The number of aryl methyl sites for hydroxylation is 4. The molecule has 5 aromatic heterocycles. The highest BCUT2D eigenvalue weighted by atomic mass is 16.5. The maximum Gasteiger partial charge on any atom is 0.343 e. The number of hydrogen-bond donors (Lipinski definition) is 2. The molecule has 0 saturated carbocycles. The maximum atomic E-state index is 12.3. The van der Waals surface area contributed by atoms with E-state index in [1.807, 2.05) is 13.8 Å². The lowest BCUT2D eigenvalue weighted by molar-refractivity contribution is 0.0592. The Kier molecular flexibility index (Phi) is 11.5. The highest BCUT2D eigenvalue weighted by molar-refractivity contribution is 5.94. The van der Waals surface area contributed by atoms with Crippen molar-refractivity contribution in [3.8, 4) is 11.9 Å². The second-order valence-electron chi connectivity index (χ2n) is 11.9. The molecule has 0 aliphatic rings. The maximum absolute atomic E-state index is 12.3. The van der Waals surface area contributed by atoms with Gasteiger partial charge in [-0.25, -0.2) is 19.0 Å². The first kappa shape index (κ1) is 37.6. The van der Waals surface area contributed by atoms with E-state index in [-0.39, 0.29) is 63.6 Å². The Morgan fingerprint density at radius 3 is 1.49 bits per heavy atom. The summed E-state index contributed by atoms with van der Waals surface area (Å²) in [6.45, 7) is 4.10. The number of methoxy groups -OCH3 is 2. The van der Waals surface area contributed by atoms with Gasteiger partial charge < -0.3 is 25.8 Å². The summed E-state index contributed by atoms with van der Waals surface area (Å²) in [6.07, 6.45) is 7.05. The molecule has 5 aromatic rings. The molecule has 0 aromatic carbocycles. The monoisotopic (exact) mass is 730 g/mol. The van der Waals surface area contributed by atoms with Gasteiger partial charge in [0.1, 0.15) is 11.1 Å². The van der Waals surface area contributed by atoms with E-state index < -0.39 is 11.9 Å². The third-order valence-corrected chi connectivity index (χ3v) is 7.96. The summed E-state index contributed by atoms with van der Waals surface area (Å²) in [5.74, 6) is -0.337.